The highest BCUT2D eigenvalue weighted by atomic mass is 79.9. The number of hydrogen-bond acceptors (Lipinski definition) is 3. The number of aryl methyl sites for hydroxylation is 1. The Morgan fingerprint density at radius 1 is 1.35 bits per heavy atom. The molecule has 0 spiro atoms. The van der Waals surface area contributed by atoms with Crippen LogP contribution >= 0.6 is 15.9 Å². The Morgan fingerprint density at radius 3 is 2.45 bits per heavy atom. The van der Waals surface area contributed by atoms with Crippen LogP contribution in [0, 0.1) is 6.92 Å². The second-order valence-corrected chi connectivity index (χ2v) is 7.99. The second kappa shape index (κ2) is 7.02. The normalized spacial score (nSPS) is 12.4. The lowest BCUT2D eigenvalue weighted by Gasteiger charge is -2.18. The number of benzene rings is 1. The van der Waals surface area contributed by atoms with E-state index in [1.165, 1.54) is 4.31 Å². The number of rotatable bonds is 6. The third-order valence-corrected chi connectivity index (χ3v) is 6.40. The highest BCUT2D eigenvalue weighted by molar-refractivity contribution is 9.10. The van der Waals surface area contributed by atoms with Crippen LogP contribution in [0.2, 0.25) is 0 Å². The van der Waals surface area contributed by atoms with Crippen LogP contribution in [0.1, 0.15) is 31.9 Å². The van der Waals surface area contributed by atoms with E-state index in [1.54, 1.807) is 13.1 Å². The molecule has 0 amide bonds. The van der Waals surface area contributed by atoms with Crippen molar-refractivity contribution < 1.29 is 8.42 Å². The Balaban J connectivity index is 3.26. The Morgan fingerprint density at radius 2 is 1.95 bits per heavy atom. The van der Waals surface area contributed by atoms with Crippen molar-refractivity contribution in [2.45, 2.75) is 45.2 Å². The molecule has 1 aromatic carbocycles. The van der Waals surface area contributed by atoms with Crippen LogP contribution in [-0.2, 0) is 16.6 Å². The van der Waals surface area contributed by atoms with Gasteiger partial charge in [-0.1, -0.05) is 26.8 Å². The van der Waals surface area contributed by atoms with E-state index in [4.69, 9.17) is 0 Å². The van der Waals surface area contributed by atoms with Crippen molar-refractivity contribution in [1.82, 2.24) is 9.62 Å². The van der Waals surface area contributed by atoms with Gasteiger partial charge in [0.05, 0.1) is 4.90 Å². The molecule has 0 heterocycles. The Labute approximate surface area is 130 Å². The van der Waals surface area contributed by atoms with Crippen LogP contribution in [0.25, 0.3) is 0 Å². The van der Waals surface area contributed by atoms with Gasteiger partial charge in [0.2, 0.25) is 10.0 Å². The minimum Gasteiger partial charge on any atom is -0.310 e. The summed E-state index contributed by atoms with van der Waals surface area (Å²) in [6.45, 7) is 8.96. The number of sulfonamides is 1. The molecule has 0 aromatic heterocycles. The fourth-order valence-corrected chi connectivity index (χ4v) is 3.96. The van der Waals surface area contributed by atoms with Gasteiger partial charge in [-0.05, 0) is 40.0 Å². The molecule has 0 aliphatic heterocycles. The summed E-state index contributed by atoms with van der Waals surface area (Å²) in [5, 5.41) is 3.31. The average molecular weight is 363 g/mol. The zero-order chi connectivity index (χ0) is 15.5. The lowest BCUT2D eigenvalue weighted by Crippen LogP contribution is -2.27. The van der Waals surface area contributed by atoms with E-state index in [2.05, 4.69) is 35.1 Å². The van der Waals surface area contributed by atoms with E-state index in [-0.39, 0.29) is 0 Å². The summed E-state index contributed by atoms with van der Waals surface area (Å²) in [4.78, 5) is 0.336. The zero-order valence-corrected chi connectivity index (χ0v) is 15.1. The van der Waals surface area contributed by atoms with Crippen LogP contribution < -0.4 is 5.32 Å². The molecule has 0 radical (unpaired) electrons. The second-order valence-electron chi connectivity index (χ2n) is 5.18. The molecular formula is C14H23BrN2O2S. The van der Waals surface area contributed by atoms with E-state index in [0.29, 0.717) is 28.5 Å². The van der Waals surface area contributed by atoms with E-state index < -0.39 is 10.0 Å². The first-order valence-electron chi connectivity index (χ1n) is 6.68. The topological polar surface area (TPSA) is 49.4 Å². The minimum atomic E-state index is -3.44. The molecule has 1 aromatic rings. The van der Waals surface area contributed by atoms with Crippen LogP contribution in [0.5, 0.6) is 0 Å². The third-order valence-electron chi connectivity index (χ3n) is 3.13. The largest absolute Gasteiger partial charge is 0.310 e. The minimum absolute atomic E-state index is 0.336. The van der Waals surface area contributed by atoms with Crippen molar-refractivity contribution in [2.24, 2.45) is 0 Å². The Bertz CT molecular complexity index is 571. The first kappa shape index (κ1) is 17.6. The van der Waals surface area contributed by atoms with Crippen molar-refractivity contribution in [1.29, 1.82) is 0 Å². The highest BCUT2D eigenvalue weighted by Crippen LogP contribution is 2.29. The van der Waals surface area contributed by atoms with Crippen LogP contribution in [-0.4, -0.2) is 32.4 Å². The summed E-state index contributed by atoms with van der Waals surface area (Å²) in [7, 11) is -1.85. The molecule has 114 valence electrons. The first-order chi connectivity index (χ1) is 9.20. The van der Waals surface area contributed by atoms with Gasteiger partial charge >= 0.3 is 0 Å². The molecule has 0 unspecified atom stereocenters. The van der Waals surface area contributed by atoms with Gasteiger partial charge in [-0.25, -0.2) is 12.7 Å². The lowest BCUT2D eigenvalue weighted by molar-refractivity contribution is 0.485. The number of nitrogens with zero attached hydrogens (tertiary/aromatic N) is 1. The summed E-state index contributed by atoms with van der Waals surface area (Å²) in [5.74, 6) is 0. The van der Waals surface area contributed by atoms with Gasteiger partial charge in [-0.2, -0.15) is 0 Å². The molecule has 0 fully saturated rings. The molecule has 0 saturated heterocycles. The van der Waals surface area contributed by atoms with Gasteiger partial charge in [-0.3, -0.25) is 0 Å². The molecule has 4 nitrogen and oxygen atoms in total. The summed E-state index contributed by atoms with van der Waals surface area (Å²) in [5.41, 5.74) is 1.90. The maximum atomic E-state index is 12.5. The molecule has 0 saturated carbocycles. The predicted molar refractivity (Wildman–Crippen MR) is 86.3 cm³/mol. The number of hydrogen-bond donors (Lipinski definition) is 1. The van der Waals surface area contributed by atoms with Gasteiger partial charge in [0.15, 0.2) is 0 Å². The number of halogens is 1. The van der Waals surface area contributed by atoms with E-state index in [0.717, 1.165) is 11.1 Å². The van der Waals surface area contributed by atoms with Crippen molar-refractivity contribution in [3.8, 4) is 0 Å². The first-order valence-corrected chi connectivity index (χ1v) is 8.92. The quantitative estimate of drug-likeness (QED) is 0.846. The molecule has 1 N–H and O–H groups in total. The van der Waals surface area contributed by atoms with Crippen molar-refractivity contribution in [2.75, 3.05) is 13.6 Å². The molecule has 6 heteroatoms. The summed E-state index contributed by atoms with van der Waals surface area (Å²) < 4.78 is 27.0. The highest BCUT2D eigenvalue weighted by Gasteiger charge is 2.23. The summed E-state index contributed by atoms with van der Waals surface area (Å²) in [6, 6.07) is 4.11. The lowest BCUT2D eigenvalue weighted by atomic mass is 10.1. The average Bonchev–Trinajstić information content (AvgIpc) is 2.38. The molecular weight excluding hydrogens is 340 g/mol. The summed E-state index contributed by atoms with van der Waals surface area (Å²) >= 11 is 3.40. The Hall–Kier alpha value is -0.430. The fraction of sp³-hybridized carbons (Fsp3) is 0.571. The van der Waals surface area contributed by atoms with E-state index in [9.17, 15) is 8.42 Å². The Kier molecular flexibility index (Phi) is 6.19. The van der Waals surface area contributed by atoms with Crippen LogP contribution in [0.3, 0.4) is 0 Å². The van der Waals surface area contributed by atoms with Crippen LogP contribution in [0.4, 0.5) is 0 Å². The smallest absolute Gasteiger partial charge is 0.243 e. The fourth-order valence-electron chi connectivity index (χ4n) is 1.76. The summed E-state index contributed by atoms with van der Waals surface area (Å²) in [6.07, 6.45) is 0. The zero-order valence-electron chi connectivity index (χ0n) is 12.7. The van der Waals surface area contributed by atoms with Gasteiger partial charge in [-0.15, -0.1) is 0 Å². The van der Waals surface area contributed by atoms with Crippen molar-refractivity contribution >= 4 is 26.0 Å². The SMILES string of the molecule is CCN(C)S(=O)(=O)c1cc(CNC(C)C)cc(C)c1Br. The number of nitrogens with one attached hydrogen (secondary N) is 1. The van der Waals surface area contributed by atoms with E-state index in [1.807, 2.05) is 19.9 Å². The standard InChI is InChI=1S/C14H23BrN2O2S/c1-6-17(5)20(18,19)13-8-12(9-16-10(2)3)7-11(4)14(13)15/h7-8,10,16H,6,9H2,1-5H3. The van der Waals surface area contributed by atoms with Gasteiger partial charge < -0.3 is 5.32 Å². The van der Waals surface area contributed by atoms with E-state index >= 15 is 0 Å². The molecule has 0 aliphatic carbocycles. The molecule has 1 rings (SSSR count). The van der Waals surface area contributed by atoms with Gasteiger partial charge in [0, 0.05) is 30.7 Å². The molecule has 20 heavy (non-hydrogen) atoms. The molecule has 0 bridgehead atoms. The third kappa shape index (κ3) is 4.04. The van der Waals surface area contributed by atoms with Crippen molar-refractivity contribution in [3.05, 3.63) is 27.7 Å². The van der Waals surface area contributed by atoms with Crippen molar-refractivity contribution in [3.63, 3.8) is 0 Å². The van der Waals surface area contributed by atoms with Gasteiger partial charge in [0.25, 0.3) is 0 Å². The maximum Gasteiger partial charge on any atom is 0.243 e. The molecule has 0 aliphatic rings. The maximum absolute atomic E-state index is 12.5. The van der Waals surface area contributed by atoms with Gasteiger partial charge in [0.1, 0.15) is 0 Å². The van der Waals surface area contributed by atoms with Crippen LogP contribution in [0.15, 0.2) is 21.5 Å². The molecule has 0 atom stereocenters. The monoisotopic (exact) mass is 362 g/mol. The predicted octanol–water partition coefficient (Wildman–Crippen LogP) is 2.90.